The topological polar surface area (TPSA) is 67.6 Å². The SMILES string of the molecule is NN=C(N)C1=C(Cl)CN(c2ccc(Cl)cc2)C=C1Cl. The third-order valence-electron chi connectivity index (χ3n) is 2.64. The van der Waals surface area contributed by atoms with E-state index in [1.165, 1.54) is 0 Å². The van der Waals surface area contributed by atoms with E-state index in [1.54, 1.807) is 18.3 Å². The lowest BCUT2D eigenvalue weighted by Gasteiger charge is -2.26. The minimum atomic E-state index is 0.113. The average molecular weight is 318 g/mol. The molecule has 0 atom stereocenters. The molecule has 1 aromatic carbocycles. The van der Waals surface area contributed by atoms with E-state index < -0.39 is 0 Å². The van der Waals surface area contributed by atoms with Gasteiger partial charge in [0.05, 0.1) is 22.2 Å². The fraction of sp³-hybridized carbons (Fsp3) is 0.0833. The van der Waals surface area contributed by atoms with Crippen molar-refractivity contribution in [1.82, 2.24) is 0 Å². The normalized spacial score (nSPS) is 16.7. The van der Waals surface area contributed by atoms with E-state index in [0.717, 1.165) is 5.69 Å². The van der Waals surface area contributed by atoms with Crippen molar-refractivity contribution in [3.63, 3.8) is 0 Å². The van der Waals surface area contributed by atoms with Gasteiger partial charge in [0, 0.05) is 16.9 Å². The Morgan fingerprint density at radius 3 is 2.32 bits per heavy atom. The van der Waals surface area contributed by atoms with E-state index in [4.69, 9.17) is 46.4 Å². The molecule has 4 N–H and O–H groups in total. The molecule has 0 spiro atoms. The third kappa shape index (κ3) is 2.97. The van der Waals surface area contributed by atoms with Crippen molar-refractivity contribution in [2.75, 3.05) is 11.4 Å². The summed E-state index contributed by atoms with van der Waals surface area (Å²) in [7, 11) is 0. The molecule has 0 radical (unpaired) electrons. The van der Waals surface area contributed by atoms with E-state index >= 15 is 0 Å². The van der Waals surface area contributed by atoms with Crippen LogP contribution < -0.4 is 16.5 Å². The number of amidine groups is 1. The van der Waals surface area contributed by atoms with Gasteiger partial charge in [-0.2, -0.15) is 5.10 Å². The zero-order valence-corrected chi connectivity index (χ0v) is 12.0. The Hall–Kier alpha value is -1.36. The molecule has 100 valence electrons. The Bertz CT molecular complexity index is 575. The van der Waals surface area contributed by atoms with Gasteiger partial charge in [0.1, 0.15) is 0 Å². The Morgan fingerprint density at radius 2 is 1.79 bits per heavy atom. The summed E-state index contributed by atoms with van der Waals surface area (Å²) >= 11 is 18.2. The molecule has 7 heteroatoms. The summed E-state index contributed by atoms with van der Waals surface area (Å²) in [6, 6.07) is 7.33. The third-order valence-corrected chi connectivity index (χ3v) is 3.49. The molecule has 0 bridgehead atoms. The van der Waals surface area contributed by atoms with Gasteiger partial charge in [-0.1, -0.05) is 34.8 Å². The van der Waals surface area contributed by atoms with Crippen LogP contribution in [0.5, 0.6) is 0 Å². The number of hydrazone groups is 1. The van der Waals surface area contributed by atoms with E-state index in [0.29, 0.717) is 27.2 Å². The summed E-state index contributed by atoms with van der Waals surface area (Å²) in [4.78, 5) is 1.88. The van der Waals surface area contributed by atoms with Crippen LogP contribution in [-0.2, 0) is 0 Å². The molecule has 0 aliphatic carbocycles. The highest BCUT2D eigenvalue weighted by Crippen LogP contribution is 2.31. The van der Waals surface area contributed by atoms with E-state index in [-0.39, 0.29) is 5.84 Å². The molecule has 0 fully saturated rings. The van der Waals surface area contributed by atoms with Crippen LogP contribution in [0.1, 0.15) is 0 Å². The number of rotatable bonds is 2. The van der Waals surface area contributed by atoms with Crippen LogP contribution >= 0.6 is 34.8 Å². The van der Waals surface area contributed by atoms with Crippen LogP contribution in [0, 0.1) is 0 Å². The van der Waals surface area contributed by atoms with Crippen molar-refractivity contribution in [3.8, 4) is 0 Å². The summed E-state index contributed by atoms with van der Waals surface area (Å²) < 4.78 is 0. The number of anilines is 1. The first-order valence-electron chi connectivity index (χ1n) is 5.35. The molecule has 0 aromatic heterocycles. The summed E-state index contributed by atoms with van der Waals surface area (Å²) in [5.74, 6) is 5.26. The average Bonchev–Trinajstić information content (AvgIpc) is 2.38. The fourth-order valence-corrected chi connectivity index (χ4v) is 2.56. The minimum absolute atomic E-state index is 0.113. The molecule has 0 saturated carbocycles. The second-order valence-corrected chi connectivity index (χ2v) is 5.18. The maximum Gasteiger partial charge on any atom is 0.153 e. The number of nitrogens with two attached hydrogens (primary N) is 2. The summed E-state index contributed by atoms with van der Waals surface area (Å²) in [5, 5.41) is 4.95. The van der Waals surface area contributed by atoms with Crippen molar-refractivity contribution in [2.24, 2.45) is 16.7 Å². The Balaban J connectivity index is 2.32. The number of halogens is 3. The van der Waals surface area contributed by atoms with Gasteiger partial charge >= 0.3 is 0 Å². The summed E-state index contributed by atoms with van der Waals surface area (Å²) in [6.07, 6.45) is 1.73. The van der Waals surface area contributed by atoms with Crippen molar-refractivity contribution in [3.05, 3.63) is 51.1 Å². The molecule has 1 aromatic rings. The van der Waals surface area contributed by atoms with Crippen molar-refractivity contribution >= 4 is 46.3 Å². The van der Waals surface area contributed by atoms with Crippen LogP contribution in [0.2, 0.25) is 5.02 Å². The van der Waals surface area contributed by atoms with Gasteiger partial charge in [0.15, 0.2) is 5.84 Å². The molecular formula is C12H11Cl3N4. The molecule has 0 amide bonds. The summed E-state index contributed by atoms with van der Waals surface area (Å²) in [5.41, 5.74) is 7.04. The lowest BCUT2D eigenvalue weighted by atomic mass is 10.1. The van der Waals surface area contributed by atoms with Crippen LogP contribution in [0.15, 0.2) is 51.2 Å². The molecule has 0 unspecified atom stereocenters. The van der Waals surface area contributed by atoms with Crippen LogP contribution in [-0.4, -0.2) is 12.4 Å². The molecule has 1 heterocycles. The van der Waals surface area contributed by atoms with Crippen molar-refractivity contribution in [1.29, 1.82) is 0 Å². The number of hydrogen-bond acceptors (Lipinski definition) is 3. The highest BCUT2D eigenvalue weighted by Gasteiger charge is 2.21. The molecule has 4 nitrogen and oxygen atoms in total. The van der Waals surface area contributed by atoms with Crippen molar-refractivity contribution < 1.29 is 0 Å². The second kappa shape index (κ2) is 5.74. The first-order valence-corrected chi connectivity index (χ1v) is 6.48. The first-order chi connectivity index (χ1) is 9.02. The Labute approximate surface area is 125 Å². The molecule has 2 rings (SSSR count). The largest absolute Gasteiger partial charge is 0.382 e. The summed E-state index contributed by atoms with van der Waals surface area (Å²) in [6.45, 7) is 0.435. The Kier molecular flexibility index (Phi) is 4.24. The predicted octanol–water partition coefficient (Wildman–Crippen LogP) is 2.96. The predicted molar refractivity (Wildman–Crippen MR) is 81.4 cm³/mol. The lowest BCUT2D eigenvalue weighted by molar-refractivity contribution is 1.04. The van der Waals surface area contributed by atoms with Gasteiger partial charge in [-0.3, -0.25) is 0 Å². The second-order valence-electron chi connectivity index (χ2n) is 3.88. The molecule has 19 heavy (non-hydrogen) atoms. The maximum atomic E-state index is 6.20. The van der Waals surface area contributed by atoms with E-state index in [1.807, 2.05) is 17.0 Å². The Morgan fingerprint density at radius 1 is 1.16 bits per heavy atom. The number of benzene rings is 1. The number of nitrogens with zero attached hydrogens (tertiary/aromatic N) is 2. The van der Waals surface area contributed by atoms with Gasteiger partial charge in [-0.25, -0.2) is 0 Å². The zero-order valence-electron chi connectivity index (χ0n) is 9.78. The van der Waals surface area contributed by atoms with E-state index in [2.05, 4.69) is 5.10 Å². The first kappa shape index (κ1) is 14.1. The number of hydrogen-bond donors (Lipinski definition) is 2. The standard InChI is InChI=1S/C12H11Cl3N4/c13-7-1-3-8(4-2-7)19-5-9(14)11(10(15)6-19)12(16)18-17/h1-5H,6,17H2,(H2,16,18). The van der Waals surface area contributed by atoms with Gasteiger partial charge in [0.2, 0.25) is 0 Å². The van der Waals surface area contributed by atoms with E-state index in [9.17, 15) is 0 Å². The molecule has 1 aliphatic rings. The highest BCUT2D eigenvalue weighted by atomic mass is 35.5. The monoisotopic (exact) mass is 316 g/mol. The van der Waals surface area contributed by atoms with Gasteiger partial charge in [0.25, 0.3) is 0 Å². The van der Waals surface area contributed by atoms with Gasteiger partial charge in [-0.15, -0.1) is 0 Å². The molecule has 0 saturated heterocycles. The van der Waals surface area contributed by atoms with Gasteiger partial charge < -0.3 is 16.5 Å². The van der Waals surface area contributed by atoms with Crippen LogP contribution in [0.3, 0.4) is 0 Å². The quantitative estimate of drug-likeness (QED) is 0.381. The zero-order chi connectivity index (χ0) is 14.0. The van der Waals surface area contributed by atoms with Gasteiger partial charge in [-0.05, 0) is 24.3 Å². The smallest absolute Gasteiger partial charge is 0.153 e. The fourth-order valence-electron chi connectivity index (χ4n) is 1.73. The highest BCUT2D eigenvalue weighted by molar-refractivity contribution is 6.40. The minimum Gasteiger partial charge on any atom is -0.382 e. The van der Waals surface area contributed by atoms with Crippen molar-refractivity contribution in [2.45, 2.75) is 0 Å². The van der Waals surface area contributed by atoms with Crippen LogP contribution in [0.25, 0.3) is 0 Å². The maximum absolute atomic E-state index is 6.20. The molecule has 1 aliphatic heterocycles. The van der Waals surface area contributed by atoms with Crippen LogP contribution in [0.4, 0.5) is 5.69 Å². The molecular weight excluding hydrogens is 307 g/mol. The lowest BCUT2D eigenvalue weighted by Crippen LogP contribution is -2.28.